The predicted octanol–water partition coefficient (Wildman–Crippen LogP) is 2.20. The van der Waals surface area contributed by atoms with Crippen molar-refractivity contribution < 1.29 is 9.53 Å². The third kappa shape index (κ3) is 5.79. The van der Waals surface area contributed by atoms with Crippen molar-refractivity contribution in [1.29, 1.82) is 0 Å². The van der Waals surface area contributed by atoms with Crippen LogP contribution in [0, 0.1) is 11.8 Å². The van der Waals surface area contributed by atoms with E-state index in [2.05, 4.69) is 34.6 Å². The number of amides is 1. The Morgan fingerprint density at radius 3 is 2.77 bits per heavy atom. The van der Waals surface area contributed by atoms with Crippen molar-refractivity contribution in [1.82, 2.24) is 15.5 Å². The van der Waals surface area contributed by atoms with E-state index in [1.807, 2.05) is 18.2 Å². The number of carbonyl (C=O) groups is 1. The van der Waals surface area contributed by atoms with E-state index < -0.39 is 0 Å². The highest BCUT2D eigenvalue weighted by Gasteiger charge is 2.24. The number of carbonyl (C=O) groups excluding carboxylic acids is 1. The summed E-state index contributed by atoms with van der Waals surface area (Å²) < 4.78 is 5.45. The lowest BCUT2D eigenvalue weighted by atomic mass is 9.85. The van der Waals surface area contributed by atoms with Gasteiger partial charge in [-0.1, -0.05) is 37.3 Å². The van der Waals surface area contributed by atoms with E-state index in [0.717, 1.165) is 45.9 Å². The summed E-state index contributed by atoms with van der Waals surface area (Å²) in [5.74, 6) is 1.21. The van der Waals surface area contributed by atoms with Crippen LogP contribution in [0.5, 0.6) is 0 Å². The normalized spacial score (nSPS) is 24.0. The molecule has 2 aliphatic heterocycles. The number of ether oxygens (including phenoxy) is 1. The number of hydrogen-bond acceptors (Lipinski definition) is 4. The Labute approximate surface area is 157 Å². The van der Waals surface area contributed by atoms with Crippen molar-refractivity contribution in [2.75, 3.05) is 45.9 Å². The highest BCUT2D eigenvalue weighted by atomic mass is 16.5. The number of rotatable bonds is 7. The number of hydrogen-bond donors (Lipinski definition) is 2. The molecule has 3 unspecified atom stereocenters. The van der Waals surface area contributed by atoms with Crippen molar-refractivity contribution in [3.05, 3.63) is 35.9 Å². The molecule has 3 rings (SSSR count). The van der Waals surface area contributed by atoms with E-state index in [1.165, 1.54) is 18.4 Å². The topological polar surface area (TPSA) is 53.6 Å². The summed E-state index contributed by atoms with van der Waals surface area (Å²) in [5, 5.41) is 6.77. The molecule has 5 nitrogen and oxygen atoms in total. The minimum Gasteiger partial charge on any atom is -0.379 e. The maximum Gasteiger partial charge on any atom is 0.220 e. The molecular weight excluding hydrogens is 326 g/mol. The SMILES string of the molecule is CC(CC(=O)NC(CN1CCOCC1)c1ccccc1)C1CCCNC1. The van der Waals surface area contributed by atoms with Gasteiger partial charge in [-0.3, -0.25) is 9.69 Å². The molecule has 2 N–H and O–H groups in total. The number of nitrogens with one attached hydrogen (secondary N) is 2. The van der Waals surface area contributed by atoms with Gasteiger partial charge < -0.3 is 15.4 Å². The van der Waals surface area contributed by atoms with Gasteiger partial charge in [0.25, 0.3) is 0 Å². The summed E-state index contributed by atoms with van der Waals surface area (Å²) in [6.45, 7) is 8.65. The van der Waals surface area contributed by atoms with Gasteiger partial charge in [-0.15, -0.1) is 0 Å². The highest BCUT2D eigenvalue weighted by molar-refractivity contribution is 5.76. The second-order valence-electron chi connectivity index (χ2n) is 7.73. The van der Waals surface area contributed by atoms with Gasteiger partial charge in [0.2, 0.25) is 5.91 Å². The molecule has 26 heavy (non-hydrogen) atoms. The molecule has 2 aliphatic rings. The van der Waals surface area contributed by atoms with Crippen LogP contribution in [0.4, 0.5) is 0 Å². The quantitative estimate of drug-likeness (QED) is 0.784. The first-order chi connectivity index (χ1) is 12.7. The third-order valence-corrected chi connectivity index (χ3v) is 5.73. The lowest BCUT2D eigenvalue weighted by molar-refractivity contribution is -0.123. The van der Waals surface area contributed by atoms with Crippen molar-refractivity contribution in [3.63, 3.8) is 0 Å². The molecule has 0 radical (unpaired) electrons. The number of benzene rings is 1. The summed E-state index contributed by atoms with van der Waals surface area (Å²) in [4.78, 5) is 15.1. The van der Waals surface area contributed by atoms with Crippen LogP contribution in [-0.4, -0.2) is 56.7 Å². The molecule has 0 bridgehead atoms. The fraction of sp³-hybridized carbons (Fsp3) is 0.667. The summed E-state index contributed by atoms with van der Waals surface area (Å²) in [6, 6.07) is 10.4. The van der Waals surface area contributed by atoms with Gasteiger partial charge in [-0.05, 0) is 43.3 Å². The van der Waals surface area contributed by atoms with Gasteiger partial charge in [0.15, 0.2) is 0 Å². The minimum absolute atomic E-state index is 0.0403. The van der Waals surface area contributed by atoms with Crippen LogP contribution in [0.15, 0.2) is 30.3 Å². The van der Waals surface area contributed by atoms with E-state index >= 15 is 0 Å². The highest BCUT2D eigenvalue weighted by Crippen LogP contribution is 2.23. The molecule has 3 atom stereocenters. The Bertz CT molecular complexity index is 539. The molecule has 0 spiro atoms. The standard InChI is InChI=1S/C21H33N3O2/c1-17(19-8-5-9-22-15-19)14-21(25)23-20(18-6-3-2-4-7-18)16-24-10-12-26-13-11-24/h2-4,6-7,17,19-20,22H,5,8-16H2,1H3,(H,23,25). The van der Waals surface area contributed by atoms with E-state index in [9.17, 15) is 4.79 Å². The van der Waals surface area contributed by atoms with Gasteiger partial charge in [0.1, 0.15) is 0 Å². The maximum atomic E-state index is 12.7. The van der Waals surface area contributed by atoms with Crippen LogP contribution in [0.2, 0.25) is 0 Å². The third-order valence-electron chi connectivity index (χ3n) is 5.73. The molecule has 2 heterocycles. The van der Waals surface area contributed by atoms with E-state index in [1.54, 1.807) is 0 Å². The van der Waals surface area contributed by atoms with Crippen LogP contribution in [-0.2, 0) is 9.53 Å². The largest absolute Gasteiger partial charge is 0.379 e. The average molecular weight is 360 g/mol. The van der Waals surface area contributed by atoms with Gasteiger partial charge in [-0.25, -0.2) is 0 Å². The zero-order chi connectivity index (χ0) is 18.2. The van der Waals surface area contributed by atoms with Gasteiger partial charge in [0, 0.05) is 26.1 Å². The Kier molecular flexibility index (Phi) is 7.47. The van der Waals surface area contributed by atoms with Crippen molar-refractivity contribution in [3.8, 4) is 0 Å². The van der Waals surface area contributed by atoms with E-state index in [4.69, 9.17) is 4.74 Å². The molecule has 2 fully saturated rings. The van der Waals surface area contributed by atoms with Gasteiger partial charge in [-0.2, -0.15) is 0 Å². The Balaban J connectivity index is 1.57. The molecule has 2 saturated heterocycles. The fourth-order valence-corrected chi connectivity index (χ4v) is 4.04. The number of morpholine rings is 1. The molecule has 1 amide bonds. The van der Waals surface area contributed by atoms with E-state index in [-0.39, 0.29) is 11.9 Å². The summed E-state index contributed by atoms with van der Waals surface area (Å²) in [6.07, 6.45) is 3.07. The first kappa shape index (κ1) is 19.3. The van der Waals surface area contributed by atoms with Crippen LogP contribution >= 0.6 is 0 Å². The van der Waals surface area contributed by atoms with Crippen LogP contribution < -0.4 is 10.6 Å². The molecule has 144 valence electrons. The minimum atomic E-state index is 0.0403. The second-order valence-corrected chi connectivity index (χ2v) is 7.73. The Morgan fingerprint density at radius 2 is 2.08 bits per heavy atom. The molecule has 5 heteroatoms. The van der Waals surface area contributed by atoms with Crippen LogP contribution in [0.3, 0.4) is 0 Å². The zero-order valence-corrected chi connectivity index (χ0v) is 16.0. The Hall–Kier alpha value is -1.43. The maximum absolute atomic E-state index is 12.7. The molecule has 0 aliphatic carbocycles. The first-order valence-corrected chi connectivity index (χ1v) is 10.1. The summed E-state index contributed by atoms with van der Waals surface area (Å²) in [5.41, 5.74) is 1.18. The van der Waals surface area contributed by atoms with Crippen molar-refractivity contribution in [2.45, 2.75) is 32.2 Å². The Morgan fingerprint density at radius 1 is 1.31 bits per heavy atom. The first-order valence-electron chi connectivity index (χ1n) is 10.1. The lowest BCUT2D eigenvalue weighted by Gasteiger charge is -2.32. The van der Waals surface area contributed by atoms with E-state index in [0.29, 0.717) is 18.3 Å². The molecule has 1 aromatic carbocycles. The van der Waals surface area contributed by atoms with Crippen molar-refractivity contribution in [2.24, 2.45) is 11.8 Å². The molecular formula is C21H33N3O2. The monoisotopic (exact) mass is 359 g/mol. The lowest BCUT2D eigenvalue weighted by Crippen LogP contribution is -2.43. The predicted molar refractivity (Wildman–Crippen MR) is 104 cm³/mol. The fourth-order valence-electron chi connectivity index (χ4n) is 4.04. The van der Waals surface area contributed by atoms with Gasteiger partial charge in [0.05, 0.1) is 19.3 Å². The van der Waals surface area contributed by atoms with Crippen molar-refractivity contribution >= 4 is 5.91 Å². The molecule has 0 aromatic heterocycles. The number of piperidine rings is 1. The number of nitrogens with zero attached hydrogens (tertiary/aromatic N) is 1. The summed E-state index contributed by atoms with van der Waals surface area (Å²) >= 11 is 0. The van der Waals surface area contributed by atoms with Crippen LogP contribution in [0.1, 0.15) is 37.8 Å². The second kappa shape index (κ2) is 10.0. The van der Waals surface area contributed by atoms with Gasteiger partial charge >= 0.3 is 0 Å². The zero-order valence-electron chi connectivity index (χ0n) is 16.0. The average Bonchev–Trinajstić information content (AvgIpc) is 2.69. The van der Waals surface area contributed by atoms with Crippen LogP contribution in [0.25, 0.3) is 0 Å². The smallest absolute Gasteiger partial charge is 0.220 e. The summed E-state index contributed by atoms with van der Waals surface area (Å²) in [7, 11) is 0. The molecule has 0 saturated carbocycles. The molecule has 1 aromatic rings.